The average Bonchev–Trinajstić information content (AvgIpc) is 2.76. The van der Waals surface area contributed by atoms with Crippen molar-refractivity contribution in [1.82, 2.24) is 0 Å². The van der Waals surface area contributed by atoms with Crippen molar-refractivity contribution in [3.8, 4) is 5.75 Å². The van der Waals surface area contributed by atoms with Gasteiger partial charge >= 0.3 is 24.4 Å². The molecule has 1 atom stereocenters. The van der Waals surface area contributed by atoms with Crippen molar-refractivity contribution in [1.29, 1.82) is 0 Å². The van der Waals surface area contributed by atoms with E-state index in [-0.39, 0.29) is 17.5 Å². The molecule has 214 valence electrons. The molecule has 1 aliphatic rings. The maximum Gasteiger partial charge on any atom is 0.427 e. The smallest absolute Gasteiger partial charge is 0.427 e. The quantitative estimate of drug-likeness (QED) is 0.447. The molecule has 2 aromatic rings. The number of anilines is 2. The lowest BCUT2D eigenvalue weighted by molar-refractivity contribution is -0.242. The lowest BCUT2D eigenvalue weighted by atomic mass is 10.1. The molecule has 2 N–H and O–H groups in total. The molecule has 3 rings (SSSR count). The fourth-order valence-corrected chi connectivity index (χ4v) is 4.89. The van der Waals surface area contributed by atoms with Gasteiger partial charge in [-0.1, -0.05) is 0 Å². The number of alkyl halides is 6. The predicted molar refractivity (Wildman–Crippen MR) is 119 cm³/mol. The number of hydrogen-bond donors (Lipinski definition) is 2. The molecule has 2 aromatic carbocycles. The number of fused-ring (bicyclic) bond motifs is 1. The van der Waals surface area contributed by atoms with Crippen LogP contribution in [-0.2, 0) is 25.7 Å². The van der Waals surface area contributed by atoms with E-state index in [1.165, 1.54) is 0 Å². The van der Waals surface area contributed by atoms with Gasteiger partial charge in [-0.25, -0.2) is 17.6 Å². The summed E-state index contributed by atoms with van der Waals surface area (Å²) in [6, 6.07) is 3.98. The number of carboxylic acid groups (broad SMARTS) is 1. The Morgan fingerprint density at radius 2 is 1.74 bits per heavy atom. The number of rotatable bonds is 6. The molecule has 0 saturated carbocycles. The van der Waals surface area contributed by atoms with Crippen LogP contribution in [0.15, 0.2) is 41.3 Å². The van der Waals surface area contributed by atoms with Crippen molar-refractivity contribution < 1.29 is 63.3 Å². The molecular weight excluding hydrogens is 569 g/mol. The first kappa shape index (κ1) is 29.8. The van der Waals surface area contributed by atoms with Crippen LogP contribution in [0.1, 0.15) is 25.8 Å². The minimum atomic E-state index is -5.24. The Balaban J connectivity index is 2.04. The zero-order valence-corrected chi connectivity index (χ0v) is 20.7. The van der Waals surface area contributed by atoms with Gasteiger partial charge < -0.3 is 14.6 Å². The third kappa shape index (κ3) is 6.46. The van der Waals surface area contributed by atoms with Crippen LogP contribution in [0.25, 0.3) is 0 Å². The molecule has 0 spiro atoms. The number of nitrogens with zero attached hydrogens (tertiary/aromatic N) is 1. The van der Waals surface area contributed by atoms with Gasteiger partial charge in [0.15, 0.2) is 0 Å². The first-order valence-electron chi connectivity index (χ1n) is 10.7. The first-order valence-corrected chi connectivity index (χ1v) is 12.1. The number of benzene rings is 2. The maximum atomic E-state index is 13.8. The van der Waals surface area contributed by atoms with E-state index in [9.17, 15) is 48.7 Å². The third-order valence-electron chi connectivity index (χ3n) is 5.40. The van der Waals surface area contributed by atoms with Gasteiger partial charge in [-0.2, -0.15) is 26.3 Å². The molecule has 0 saturated heterocycles. The molecule has 0 bridgehead atoms. The van der Waals surface area contributed by atoms with Crippen molar-refractivity contribution in [3.05, 3.63) is 47.8 Å². The highest BCUT2D eigenvalue weighted by Gasteiger charge is 2.51. The molecule has 17 heteroatoms. The summed E-state index contributed by atoms with van der Waals surface area (Å²) >= 11 is 0. The molecule has 9 nitrogen and oxygen atoms in total. The molecule has 1 amide bonds. The summed E-state index contributed by atoms with van der Waals surface area (Å²) in [6.07, 6.45) is -13.8. The number of ether oxygens (including phenoxy) is 2. The highest BCUT2D eigenvalue weighted by atomic mass is 32.2. The highest BCUT2D eigenvalue weighted by molar-refractivity contribution is 7.92. The first-order chi connectivity index (χ1) is 17.7. The molecule has 39 heavy (non-hydrogen) atoms. The molecule has 1 aliphatic heterocycles. The molecule has 0 aliphatic carbocycles. The largest absolute Gasteiger partial charge is 0.486 e. The Morgan fingerprint density at radius 3 is 2.31 bits per heavy atom. The summed E-state index contributed by atoms with van der Waals surface area (Å²) in [5.41, 5.74) is -5.47. The van der Waals surface area contributed by atoms with E-state index in [1.54, 1.807) is 0 Å². The summed E-state index contributed by atoms with van der Waals surface area (Å²) in [5.74, 6) is -3.40. The van der Waals surface area contributed by atoms with Gasteiger partial charge in [0.1, 0.15) is 17.7 Å². The van der Waals surface area contributed by atoms with Crippen LogP contribution in [0.2, 0.25) is 0 Å². The number of sulfonamides is 1. The minimum absolute atomic E-state index is 0.0602. The highest BCUT2D eigenvalue weighted by Crippen LogP contribution is 2.41. The van der Waals surface area contributed by atoms with Gasteiger partial charge in [-0.3, -0.25) is 14.4 Å². The number of aliphatic carboxylic acids is 1. The number of hydrogen-bond acceptors (Lipinski definition) is 6. The second kappa shape index (κ2) is 10.1. The molecule has 0 aromatic heterocycles. The third-order valence-corrected chi connectivity index (χ3v) is 7.18. The zero-order valence-electron chi connectivity index (χ0n) is 19.9. The van der Waals surface area contributed by atoms with E-state index in [0.29, 0.717) is 30.3 Å². The molecule has 0 unspecified atom stereocenters. The van der Waals surface area contributed by atoms with E-state index in [0.717, 1.165) is 18.2 Å². The SMILES string of the molecule is CC(C)(OC(=O)Nc1ccc2c(c1)N(S(=O)(=O)c1ccc(F)c(C(F)(F)F)c1)C[C@H](CC(=O)O)O2)C(F)(F)F. The van der Waals surface area contributed by atoms with Gasteiger partial charge in [-0.15, -0.1) is 0 Å². The van der Waals surface area contributed by atoms with Crippen LogP contribution >= 0.6 is 0 Å². The van der Waals surface area contributed by atoms with Gasteiger partial charge in [0.25, 0.3) is 10.0 Å². The topological polar surface area (TPSA) is 122 Å². The number of carboxylic acids is 1. The number of amides is 1. The van der Waals surface area contributed by atoms with Crippen molar-refractivity contribution in [2.75, 3.05) is 16.2 Å². The van der Waals surface area contributed by atoms with Crippen LogP contribution in [0.3, 0.4) is 0 Å². The fourth-order valence-electron chi connectivity index (χ4n) is 3.36. The Bertz CT molecular complexity index is 1390. The van der Waals surface area contributed by atoms with Crippen molar-refractivity contribution >= 4 is 33.5 Å². The van der Waals surface area contributed by atoms with E-state index < -0.39 is 81.1 Å². The number of halogens is 7. The Kier molecular flexibility index (Phi) is 7.71. The summed E-state index contributed by atoms with van der Waals surface area (Å²) in [4.78, 5) is 22.3. The standard InChI is InChI=1S/C22H19F7N2O7S/c1-20(2,22(27,28)29)38-19(34)30-11-3-6-17-16(7-11)31(10-12(37-17)8-18(32)33)39(35,36)13-4-5-15(23)14(9-13)21(24,25)26/h3-7,9,12H,8,10H2,1-2H3,(H,30,34)(H,32,33)/t12-/m0/s1. The van der Waals surface area contributed by atoms with E-state index >= 15 is 0 Å². The van der Waals surface area contributed by atoms with Crippen molar-refractivity contribution in [3.63, 3.8) is 0 Å². The Hall–Kier alpha value is -3.76. The lowest BCUT2D eigenvalue weighted by Gasteiger charge is -2.35. The van der Waals surface area contributed by atoms with Crippen LogP contribution in [0.5, 0.6) is 5.75 Å². The second-order valence-electron chi connectivity index (χ2n) is 8.72. The normalized spacial score (nSPS) is 16.2. The lowest BCUT2D eigenvalue weighted by Crippen LogP contribution is -2.45. The van der Waals surface area contributed by atoms with Crippen LogP contribution in [0.4, 0.5) is 46.9 Å². The molecule has 0 fully saturated rings. The van der Waals surface area contributed by atoms with Crippen LogP contribution < -0.4 is 14.4 Å². The van der Waals surface area contributed by atoms with E-state index in [2.05, 4.69) is 4.74 Å². The summed E-state index contributed by atoms with van der Waals surface area (Å²) < 4.78 is 130. The van der Waals surface area contributed by atoms with Crippen LogP contribution in [-0.4, -0.2) is 50.0 Å². The average molecular weight is 588 g/mol. The second-order valence-corrected chi connectivity index (χ2v) is 10.6. The minimum Gasteiger partial charge on any atom is -0.486 e. The molecular formula is C22H19F7N2O7S. The Morgan fingerprint density at radius 1 is 1.10 bits per heavy atom. The number of carbonyl (C=O) groups is 2. The van der Waals surface area contributed by atoms with Crippen LogP contribution in [0, 0.1) is 5.82 Å². The summed E-state index contributed by atoms with van der Waals surface area (Å²) in [7, 11) is -4.94. The number of carbonyl (C=O) groups excluding carboxylic acids is 1. The molecule has 0 radical (unpaired) electrons. The van der Waals surface area contributed by atoms with Gasteiger partial charge in [0.05, 0.1) is 29.1 Å². The summed E-state index contributed by atoms with van der Waals surface area (Å²) in [6.45, 7) is 0.444. The monoisotopic (exact) mass is 588 g/mol. The van der Waals surface area contributed by atoms with Crippen molar-refractivity contribution in [2.45, 2.75) is 49.2 Å². The van der Waals surface area contributed by atoms with E-state index in [1.807, 2.05) is 5.32 Å². The number of nitrogens with one attached hydrogen (secondary N) is 1. The predicted octanol–water partition coefficient (Wildman–Crippen LogP) is 5.16. The van der Waals surface area contributed by atoms with Gasteiger partial charge in [-0.05, 0) is 50.2 Å². The fraction of sp³-hybridized carbons (Fsp3) is 0.364. The van der Waals surface area contributed by atoms with Gasteiger partial charge in [0.2, 0.25) is 5.60 Å². The van der Waals surface area contributed by atoms with E-state index in [4.69, 9.17) is 9.84 Å². The Labute approximate surface area is 216 Å². The van der Waals surface area contributed by atoms with Crippen molar-refractivity contribution in [2.24, 2.45) is 0 Å². The van der Waals surface area contributed by atoms with Gasteiger partial charge in [0, 0.05) is 5.69 Å². The summed E-state index contributed by atoms with van der Waals surface area (Å²) in [5, 5.41) is 11.1. The zero-order chi connectivity index (χ0) is 29.6. The molecule has 1 heterocycles. The maximum absolute atomic E-state index is 13.8.